The first kappa shape index (κ1) is 13.6. The lowest BCUT2D eigenvalue weighted by atomic mass is 10.1. The third-order valence-electron chi connectivity index (χ3n) is 2.67. The molecule has 0 aromatic heterocycles. The Bertz CT molecular complexity index is 561. The molecule has 0 spiro atoms. The minimum atomic E-state index is -1.01. The Morgan fingerprint density at radius 3 is 2.21 bits per heavy atom. The standard InChI is InChI=1S/C15H13BrO3/c1-10-2-8-13(9-3-10)19-14(15(17)18)11-4-6-12(16)7-5-11/h2-9,14H,1H3,(H,17,18)/t14-/m0/s1. The van der Waals surface area contributed by atoms with Gasteiger partial charge in [-0.05, 0) is 31.2 Å². The maximum Gasteiger partial charge on any atom is 0.349 e. The van der Waals surface area contributed by atoms with Gasteiger partial charge in [0, 0.05) is 10.0 Å². The number of halogens is 1. The molecule has 0 saturated heterocycles. The highest BCUT2D eigenvalue weighted by molar-refractivity contribution is 9.10. The number of carboxylic acid groups (broad SMARTS) is 1. The van der Waals surface area contributed by atoms with E-state index in [2.05, 4.69) is 15.9 Å². The molecule has 0 saturated carbocycles. The molecule has 2 rings (SSSR count). The first-order chi connectivity index (χ1) is 9.06. The molecule has 0 aliphatic carbocycles. The normalized spacial score (nSPS) is 11.9. The summed E-state index contributed by atoms with van der Waals surface area (Å²) in [5.41, 5.74) is 1.71. The fourth-order valence-corrected chi connectivity index (χ4v) is 1.92. The van der Waals surface area contributed by atoms with Crippen LogP contribution in [0.3, 0.4) is 0 Å². The zero-order valence-corrected chi connectivity index (χ0v) is 11.9. The van der Waals surface area contributed by atoms with Crippen molar-refractivity contribution in [2.24, 2.45) is 0 Å². The van der Waals surface area contributed by atoms with Crippen LogP contribution >= 0.6 is 15.9 Å². The van der Waals surface area contributed by atoms with Crippen molar-refractivity contribution in [3.8, 4) is 5.75 Å². The number of rotatable bonds is 4. The molecule has 98 valence electrons. The molecule has 0 bridgehead atoms. The second-order valence-electron chi connectivity index (χ2n) is 4.20. The van der Waals surface area contributed by atoms with Gasteiger partial charge in [0.1, 0.15) is 5.75 Å². The summed E-state index contributed by atoms with van der Waals surface area (Å²) < 4.78 is 6.44. The predicted octanol–water partition coefficient (Wildman–Crippen LogP) is 3.96. The van der Waals surface area contributed by atoms with E-state index >= 15 is 0 Å². The van der Waals surface area contributed by atoms with Crippen molar-refractivity contribution in [1.82, 2.24) is 0 Å². The van der Waals surface area contributed by atoms with Gasteiger partial charge in [0.05, 0.1) is 0 Å². The van der Waals surface area contributed by atoms with Crippen molar-refractivity contribution >= 4 is 21.9 Å². The molecule has 0 unspecified atom stereocenters. The van der Waals surface area contributed by atoms with Gasteiger partial charge in [-0.15, -0.1) is 0 Å². The average molecular weight is 321 g/mol. The monoisotopic (exact) mass is 320 g/mol. The van der Waals surface area contributed by atoms with Crippen LogP contribution in [0, 0.1) is 6.92 Å². The van der Waals surface area contributed by atoms with E-state index < -0.39 is 12.1 Å². The maximum absolute atomic E-state index is 11.3. The third kappa shape index (κ3) is 3.58. The molecule has 4 heteroatoms. The lowest BCUT2D eigenvalue weighted by molar-refractivity contribution is -0.145. The van der Waals surface area contributed by atoms with Crippen LogP contribution in [0.1, 0.15) is 17.2 Å². The summed E-state index contributed by atoms with van der Waals surface area (Å²) in [6.45, 7) is 1.97. The van der Waals surface area contributed by atoms with Gasteiger partial charge in [-0.2, -0.15) is 0 Å². The van der Waals surface area contributed by atoms with Crippen LogP contribution in [-0.2, 0) is 4.79 Å². The molecular weight excluding hydrogens is 308 g/mol. The van der Waals surface area contributed by atoms with Crippen molar-refractivity contribution in [1.29, 1.82) is 0 Å². The fourth-order valence-electron chi connectivity index (χ4n) is 1.65. The quantitative estimate of drug-likeness (QED) is 0.927. The molecule has 0 heterocycles. The third-order valence-corrected chi connectivity index (χ3v) is 3.20. The van der Waals surface area contributed by atoms with Crippen molar-refractivity contribution in [2.45, 2.75) is 13.0 Å². The Kier molecular flexibility index (Phi) is 4.22. The van der Waals surface area contributed by atoms with Gasteiger partial charge < -0.3 is 9.84 Å². The van der Waals surface area contributed by atoms with Gasteiger partial charge in [-0.3, -0.25) is 0 Å². The number of carbonyl (C=O) groups is 1. The van der Waals surface area contributed by atoms with Gasteiger partial charge in [-0.1, -0.05) is 45.8 Å². The van der Waals surface area contributed by atoms with E-state index in [0.29, 0.717) is 11.3 Å². The van der Waals surface area contributed by atoms with Crippen LogP contribution in [0.25, 0.3) is 0 Å². The van der Waals surface area contributed by atoms with Gasteiger partial charge in [0.2, 0.25) is 6.10 Å². The number of carboxylic acids is 1. The molecule has 19 heavy (non-hydrogen) atoms. The number of aryl methyl sites for hydroxylation is 1. The van der Waals surface area contributed by atoms with E-state index in [1.807, 2.05) is 19.1 Å². The Morgan fingerprint density at radius 2 is 1.68 bits per heavy atom. The van der Waals surface area contributed by atoms with Crippen LogP contribution < -0.4 is 4.74 Å². The smallest absolute Gasteiger partial charge is 0.349 e. The zero-order chi connectivity index (χ0) is 13.8. The van der Waals surface area contributed by atoms with E-state index in [0.717, 1.165) is 10.0 Å². The molecule has 3 nitrogen and oxygen atoms in total. The number of hydrogen-bond donors (Lipinski definition) is 1. The summed E-state index contributed by atoms with van der Waals surface area (Å²) >= 11 is 3.32. The van der Waals surface area contributed by atoms with Crippen LogP contribution in [-0.4, -0.2) is 11.1 Å². The Hall–Kier alpha value is -1.81. The van der Waals surface area contributed by atoms with Gasteiger partial charge in [0.15, 0.2) is 0 Å². The molecule has 2 aromatic rings. The molecule has 0 aliphatic heterocycles. The summed E-state index contributed by atoms with van der Waals surface area (Å²) in [7, 11) is 0. The number of aliphatic carboxylic acids is 1. The Labute approximate surface area is 120 Å². The van der Waals surface area contributed by atoms with Crippen LogP contribution in [0.15, 0.2) is 53.0 Å². The van der Waals surface area contributed by atoms with E-state index in [-0.39, 0.29) is 0 Å². The van der Waals surface area contributed by atoms with Crippen molar-refractivity contribution in [3.05, 3.63) is 64.1 Å². The average Bonchev–Trinajstić information content (AvgIpc) is 2.39. The minimum absolute atomic E-state index is 0.543. The van der Waals surface area contributed by atoms with E-state index in [4.69, 9.17) is 4.74 Å². The van der Waals surface area contributed by atoms with Gasteiger partial charge in [-0.25, -0.2) is 4.79 Å². The first-order valence-electron chi connectivity index (χ1n) is 5.78. The summed E-state index contributed by atoms with van der Waals surface area (Å²) in [6, 6.07) is 14.4. The van der Waals surface area contributed by atoms with E-state index in [1.165, 1.54) is 0 Å². The molecular formula is C15H13BrO3. The highest BCUT2D eigenvalue weighted by Crippen LogP contribution is 2.24. The topological polar surface area (TPSA) is 46.5 Å². The second-order valence-corrected chi connectivity index (χ2v) is 5.12. The number of hydrogen-bond acceptors (Lipinski definition) is 2. The number of benzene rings is 2. The second kappa shape index (κ2) is 5.89. The van der Waals surface area contributed by atoms with Crippen molar-refractivity contribution in [2.75, 3.05) is 0 Å². The van der Waals surface area contributed by atoms with Gasteiger partial charge >= 0.3 is 5.97 Å². The van der Waals surface area contributed by atoms with Crippen LogP contribution in [0.4, 0.5) is 0 Å². The molecule has 1 atom stereocenters. The largest absolute Gasteiger partial charge is 0.478 e. The molecule has 1 N–H and O–H groups in total. The Morgan fingerprint density at radius 1 is 1.11 bits per heavy atom. The summed E-state index contributed by atoms with van der Waals surface area (Å²) in [4.78, 5) is 11.3. The van der Waals surface area contributed by atoms with Crippen LogP contribution in [0.5, 0.6) is 5.75 Å². The first-order valence-corrected chi connectivity index (χ1v) is 6.57. The molecule has 0 radical (unpaired) electrons. The SMILES string of the molecule is Cc1ccc(O[C@H](C(=O)O)c2ccc(Br)cc2)cc1. The zero-order valence-electron chi connectivity index (χ0n) is 10.3. The van der Waals surface area contributed by atoms with Crippen molar-refractivity contribution < 1.29 is 14.6 Å². The highest BCUT2D eigenvalue weighted by Gasteiger charge is 2.21. The van der Waals surface area contributed by atoms with Gasteiger partial charge in [0.25, 0.3) is 0 Å². The molecule has 0 fully saturated rings. The number of ether oxygens (including phenoxy) is 1. The fraction of sp³-hybridized carbons (Fsp3) is 0.133. The predicted molar refractivity (Wildman–Crippen MR) is 76.3 cm³/mol. The van der Waals surface area contributed by atoms with E-state index in [9.17, 15) is 9.90 Å². The molecule has 2 aromatic carbocycles. The Balaban J connectivity index is 2.23. The molecule has 0 aliphatic rings. The maximum atomic E-state index is 11.3. The summed E-state index contributed by atoms with van der Waals surface area (Å²) in [5.74, 6) is -0.469. The van der Waals surface area contributed by atoms with Crippen molar-refractivity contribution in [3.63, 3.8) is 0 Å². The lowest BCUT2D eigenvalue weighted by Gasteiger charge is -2.15. The minimum Gasteiger partial charge on any atom is -0.478 e. The molecule has 0 amide bonds. The van der Waals surface area contributed by atoms with Crippen LogP contribution in [0.2, 0.25) is 0 Å². The highest BCUT2D eigenvalue weighted by atomic mass is 79.9. The lowest BCUT2D eigenvalue weighted by Crippen LogP contribution is -2.18. The summed E-state index contributed by atoms with van der Waals surface area (Å²) in [6.07, 6.45) is -1.00. The van der Waals surface area contributed by atoms with E-state index in [1.54, 1.807) is 36.4 Å². The summed E-state index contributed by atoms with van der Waals surface area (Å²) in [5, 5.41) is 9.28.